The zero-order valence-electron chi connectivity index (χ0n) is 15.9. The molecule has 0 bridgehead atoms. The van der Waals surface area contributed by atoms with Gasteiger partial charge in [-0.2, -0.15) is 0 Å². The van der Waals surface area contributed by atoms with Crippen molar-refractivity contribution in [1.29, 1.82) is 0 Å². The largest absolute Gasteiger partial charge is 0.355 e. The lowest BCUT2D eigenvalue weighted by molar-refractivity contribution is -0.116. The molecular formula is C19H21N5O5. The molecule has 29 heavy (non-hydrogen) atoms. The number of allylic oxidation sites excluding steroid dienone is 2. The molecule has 2 N–H and O–H groups in total. The third-order valence-electron chi connectivity index (χ3n) is 3.97. The van der Waals surface area contributed by atoms with Crippen LogP contribution < -0.4 is 27.7 Å². The highest BCUT2D eigenvalue weighted by Crippen LogP contribution is 2.09. The van der Waals surface area contributed by atoms with Crippen molar-refractivity contribution in [3.05, 3.63) is 86.6 Å². The fraction of sp³-hybridized carbons (Fsp3) is 0.211. The Hall–Kier alpha value is -3.95. The lowest BCUT2D eigenvalue weighted by atomic mass is 10.2. The molecule has 1 heterocycles. The highest BCUT2D eigenvalue weighted by atomic mass is 16.2. The van der Waals surface area contributed by atoms with Gasteiger partial charge in [0.1, 0.15) is 6.54 Å². The highest BCUT2D eigenvalue weighted by molar-refractivity contribution is 5.95. The zero-order valence-corrected chi connectivity index (χ0v) is 15.9. The number of carbonyl (C=O) groups excluding carboxylic acids is 2. The SMILES string of the molecule is C=CCn1c(=O)n(CC=C)c(=O)n(CC(=O)Nc2ccc(C(=O)NC)cc2)c1=O. The van der Waals surface area contributed by atoms with Gasteiger partial charge in [0.15, 0.2) is 0 Å². The van der Waals surface area contributed by atoms with Gasteiger partial charge in [-0.25, -0.2) is 28.1 Å². The maximum Gasteiger partial charge on any atom is 0.337 e. The minimum Gasteiger partial charge on any atom is -0.355 e. The third kappa shape index (κ3) is 4.67. The average Bonchev–Trinajstić information content (AvgIpc) is 2.71. The van der Waals surface area contributed by atoms with Gasteiger partial charge in [-0.3, -0.25) is 9.59 Å². The normalized spacial score (nSPS) is 10.2. The number of rotatable bonds is 8. The van der Waals surface area contributed by atoms with Crippen LogP contribution in [0.2, 0.25) is 0 Å². The number of hydrogen-bond donors (Lipinski definition) is 2. The number of hydrogen-bond acceptors (Lipinski definition) is 5. The van der Waals surface area contributed by atoms with Gasteiger partial charge in [-0.1, -0.05) is 12.2 Å². The van der Waals surface area contributed by atoms with Crippen LogP contribution in [-0.2, 0) is 24.4 Å². The fourth-order valence-corrected chi connectivity index (χ4v) is 2.58. The standard InChI is InChI=1S/C19H21N5O5/c1-4-10-22-17(27)23(11-5-2)19(29)24(18(22)28)12-15(25)21-14-8-6-13(7-9-14)16(26)20-3/h4-9H,1-2,10-12H2,3H3,(H,20,26)(H,21,25). The Morgan fingerprint density at radius 1 is 0.897 bits per heavy atom. The lowest BCUT2D eigenvalue weighted by Gasteiger charge is -2.12. The van der Waals surface area contributed by atoms with Gasteiger partial charge in [0, 0.05) is 18.3 Å². The summed E-state index contributed by atoms with van der Waals surface area (Å²) in [6.07, 6.45) is 2.67. The summed E-state index contributed by atoms with van der Waals surface area (Å²) in [4.78, 5) is 61.2. The summed E-state index contributed by atoms with van der Waals surface area (Å²) in [5.74, 6) is -0.924. The van der Waals surface area contributed by atoms with Crippen molar-refractivity contribution in [2.24, 2.45) is 0 Å². The molecule has 0 fully saturated rings. The third-order valence-corrected chi connectivity index (χ3v) is 3.97. The Bertz CT molecular complexity index is 1070. The van der Waals surface area contributed by atoms with Crippen LogP contribution in [0, 0.1) is 0 Å². The molecule has 0 spiro atoms. The smallest absolute Gasteiger partial charge is 0.337 e. The van der Waals surface area contributed by atoms with Crippen LogP contribution in [0.25, 0.3) is 0 Å². The Labute approximate surface area is 165 Å². The number of aromatic nitrogens is 3. The average molecular weight is 399 g/mol. The van der Waals surface area contributed by atoms with Crippen LogP contribution in [0.1, 0.15) is 10.4 Å². The molecule has 2 rings (SSSR count). The van der Waals surface area contributed by atoms with Crippen LogP contribution in [0.15, 0.2) is 64.0 Å². The second-order valence-corrected chi connectivity index (χ2v) is 5.94. The van der Waals surface area contributed by atoms with Gasteiger partial charge in [0.05, 0.1) is 13.1 Å². The van der Waals surface area contributed by atoms with Crippen molar-refractivity contribution < 1.29 is 9.59 Å². The summed E-state index contributed by atoms with van der Waals surface area (Å²) in [5.41, 5.74) is -1.84. The Morgan fingerprint density at radius 3 is 1.83 bits per heavy atom. The zero-order chi connectivity index (χ0) is 21.6. The van der Waals surface area contributed by atoms with E-state index in [2.05, 4.69) is 23.8 Å². The van der Waals surface area contributed by atoms with E-state index in [0.29, 0.717) is 15.8 Å². The van der Waals surface area contributed by atoms with Gasteiger partial charge in [-0.15, -0.1) is 13.2 Å². The molecule has 0 atom stereocenters. The molecule has 0 aliphatic carbocycles. The van der Waals surface area contributed by atoms with Crippen molar-refractivity contribution in [2.75, 3.05) is 12.4 Å². The summed E-state index contributed by atoms with van der Waals surface area (Å²) in [6.45, 7) is 6.15. The minimum absolute atomic E-state index is 0.113. The molecule has 1 aromatic heterocycles. The van der Waals surface area contributed by atoms with Crippen LogP contribution in [0.4, 0.5) is 5.69 Å². The van der Waals surface area contributed by atoms with E-state index in [1.54, 1.807) is 0 Å². The molecule has 0 aliphatic rings. The Kier molecular flexibility index (Phi) is 6.85. The summed E-state index contributed by atoms with van der Waals surface area (Å²) in [6, 6.07) is 6.06. The Morgan fingerprint density at radius 2 is 1.38 bits per heavy atom. The number of nitrogens with one attached hydrogen (secondary N) is 2. The number of amides is 2. The van der Waals surface area contributed by atoms with Crippen molar-refractivity contribution >= 4 is 17.5 Å². The molecule has 1 aromatic carbocycles. The van der Waals surface area contributed by atoms with E-state index in [9.17, 15) is 24.0 Å². The summed E-state index contributed by atoms with van der Waals surface area (Å²) in [7, 11) is 1.50. The van der Waals surface area contributed by atoms with E-state index in [-0.39, 0.29) is 19.0 Å². The maximum absolute atomic E-state index is 12.5. The van der Waals surface area contributed by atoms with Crippen LogP contribution in [0.3, 0.4) is 0 Å². The quantitative estimate of drug-likeness (QED) is 0.582. The van der Waals surface area contributed by atoms with Gasteiger partial charge in [-0.05, 0) is 24.3 Å². The first-order chi connectivity index (χ1) is 13.8. The van der Waals surface area contributed by atoms with E-state index in [4.69, 9.17) is 0 Å². The number of carbonyl (C=O) groups is 2. The molecule has 0 radical (unpaired) electrons. The molecule has 0 aliphatic heterocycles. The van der Waals surface area contributed by atoms with Crippen LogP contribution in [-0.4, -0.2) is 32.6 Å². The molecule has 2 amide bonds. The van der Waals surface area contributed by atoms with Crippen molar-refractivity contribution in [3.8, 4) is 0 Å². The number of anilines is 1. The van der Waals surface area contributed by atoms with E-state index in [1.165, 1.54) is 43.5 Å². The molecule has 0 unspecified atom stereocenters. The summed E-state index contributed by atoms with van der Waals surface area (Å²) < 4.78 is 2.29. The second kappa shape index (κ2) is 9.31. The predicted molar refractivity (Wildman–Crippen MR) is 108 cm³/mol. The molecule has 0 saturated carbocycles. The van der Waals surface area contributed by atoms with Gasteiger partial charge < -0.3 is 10.6 Å². The monoisotopic (exact) mass is 399 g/mol. The van der Waals surface area contributed by atoms with Crippen molar-refractivity contribution in [2.45, 2.75) is 19.6 Å². The van der Waals surface area contributed by atoms with E-state index in [1.807, 2.05) is 0 Å². The highest BCUT2D eigenvalue weighted by Gasteiger charge is 2.16. The Balaban J connectivity index is 2.34. The predicted octanol–water partition coefficient (Wildman–Crippen LogP) is -0.458. The molecular weight excluding hydrogens is 378 g/mol. The van der Waals surface area contributed by atoms with E-state index >= 15 is 0 Å². The molecule has 10 heteroatoms. The molecule has 0 saturated heterocycles. The second-order valence-electron chi connectivity index (χ2n) is 5.94. The van der Waals surface area contributed by atoms with Crippen LogP contribution >= 0.6 is 0 Å². The number of nitrogens with zero attached hydrogens (tertiary/aromatic N) is 3. The summed E-state index contributed by atoms with van der Waals surface area (Å²) >= 11 is 0. The first-order valence-electron chi connectivity index (χ1n) is 8.62. The topological polar surface area (TPSA) is 124 Å². The molecule has 152 valence electrons. The summed E-state index contributed by atoms with van der Waals surface area (Å²) in [5, 5.41) is 5.02. The molecule has 2 aromatic rings. The van der Waals surface area contributed by atoms with Gasteiger partial charge >= 0.3 is 17.1 Å². The van der Waals surface area contributed by atoms with Gasteiger partial charge in [0.25, 0.3) is 5.91 Å². The first-order valence-corrected chi connectivity index (χ1v) is 8.62. The van der Waals surface area contributed by atoms with Crippen molar-refractivity contribution in [1.82, 2.24) is 19.0 Å². The van der Waals surface area contributed by atoms with Crippen LogP contribution in [0.5, 0.6) is 0 Å². The van der Waals surface area contributed by atoms with Gasteiger partial charge in [0.2, 0.25) is 5.91 Å². The fourth-order valence-electron chi connectivity index (χ4n) is 2.58. The van der Waals surface area contributed by atoms with E-state index in [0.717, 1.165) is 9.13 Å². The maximum atomic E-state index is 12.5. The van der Waals surface area contributed by atoms with E-state index < -0.39 is 29.5 Å². The first kappa shape index (κ1) is 21.4. The molecule has 10 nitrogen and oxygen atoms in total. The van der Waals surface area contributed by atoms with Crippen molar-refractivity contribution in [3.63, 3.8) is 0 Å². The minimum atomic E-state index is -0.912. The number of benzene rings is 1. The lowest BCUT2D eigenvalue weighted by Crippen LogP contribution is -2.55.